The average molecular weight is 253 g/mol. The van der Waals surface area contributed by atoms with Crippen molar-refractivity contribution in [1.29, 1.82) is 0 Å². The van der Waals surface area contributed by atoms with E-state index in [2.05, 4.69) is 10.3 Å². The van der Waals surface area contributed by atoms with Crippen LogP contribution >= 0.6 is 11.6 Å². The predicted molar refractivity (Wildman–Crippen MR) is 71.3 cm³/mol. The normalized spacial score (nSPS) is 13.1. The lowest BCUT2D eigenvalue weighted by atomic mass is 10.2. The lowest BCUT2D eigenvalue weighted by molar-refractivity contribution is 0.183. The molecule has 92 valence electrons. The molecule has 0 aliphatic rings. The molecule has 0 aliphatic heterocycles. The molecular weight excluding hydrogens is 236 g/mol. The van der Waals surface area contributed by atoms with Crippen LogP contribution in [0, 0.1) is 0 Å². The Bertz CT molecular complexity index is 493. The first-order valence-electron chi connectivity index (χ1n) is 5.82. The van der Waals surface area contributed by atoms with Crippen LogP contribution in [0.2, 0.25) is 5.02 Å². The van der Waals surface area contributed by atoms with E-state index in [1.165, 1.54) is 0 Å². The Morgan fingerprint density at radius 2 is 2.18 bits per heavy atom. The second-order valence-electron chi connectivity index (χ2n) is 4.28. The first kappa shape index (κ1) is 12.4. The Hall–Kier alpha value is -1.03. The summed E-state index contributed by atoms with van der Waals surface area (Å²) in [5, 5.41) is 14.2. The largest absolute Gasteiger partial charge is 0.393 e. The molecule has 0 amide bonds. The van der Waals surface area contributed by atoms with Crippen molar-refractivity contribution in [1.82, 2.24) is 10.3 Å². The summed E-state index contributed by atoms with van der Waals surface area (Å²) in [4.78, 5) is 3.30. The van der Waals surface area contributed by atoms with Crippen molar-refractivity contribution in [3.05, 3.63) is 35.0 Å². The first-order valence-corrected chi connectivity index (χ1v) is 6.20. The number of hydrogen-bond acceptors (Lipinski definition) is 2. The molecule has 1 aromatic heterocycles. The third kappa shape index (κ3) is 3.00. The number of rotatable bonds is 5. The topological polar surface area (TPSA) is 48.0 Å². The van der Waals surface area contributed by atoms with E-state index < -0.39 is 0 Å². The van der Waals surface area contributed by atoms with Gasteiger partial charge in [0.2, 0.25) is 0 Å². The third-order valence-electron chi connectivity index (χ3n) is 2.75. The molecule has 0 bridgehead atoms. The number of halogens is 1. The number of aromatic amines is 1. The van der Waals surface area contributed by atoms with Gasteiger partial charge in [0.1, 0.15) is 0 Å². The van der Waals surface area contributed by atoms with E-state index in [1.54, 1.807) is 6.92 Å². The highest BCUT2D eigenvalue weighted by atomic mass is 35.5. The van der Waals surface area contributed by atoms with Gasteiger partial charge >= 0.3 is 0 Å². The molecule has 3 N–H and O–H groups in total. The van der Waals surface area contributed by atoms with Crippen molar-refractivity contribution in [2.75, 3.05) is 6.54 Å². The van der Waals surface area contributed by atoms with Crippen molar-refractivity contribution in [3.8, 4) is 0 Å². The molecule has 1 atom stereocenters. The minimum absolute atomic E-state index is 0.263. The van der Waals surface area contributed by atoms with Crippen LogP contribution in [-0.4, -0.2) is 22.7 Å². The molecule has 1 heterocycles. The molecule has 3 nitrogen and oxygen atoms in total. The van der Waals surface area contributed by atoms with Gasteiger partial charge in [-0.25, -0.2) is 0 Å². The summed E-state index contributed by atoms with van der Waals surface area (Å²) in [5.74, 6) is 0. The Labute approximate surface area is 106 Å². The maximum atomic E-state index is 9.14. The number of hydrogen-bond donors (Lipinski definition) is 3. The number of aliphatic hydroxyl groups is 1. The predicted octanol–water partition coefficient (Wildman–Crippen LogP) is 2.68. The molecule has 2 aromatic rings. The number of aliphatic hydroxyl groups excluding tert-OH is 1. The number of para-hydroxylation sites is 1. The van der Waals surface area contributed by atoms with Crippen LogP contribution in [-0.2, 0) is 6.54 Å². The van der Waals surface area contributed by atoms with Crippen LogP contribution < -0.4 is 5.32 Å². The summed E-state index contributed by atoms with van der Waals surface area (Å²) in [6, 6.07) is 7.99. The Balaban J connectivity index is 2.01. The lowest BCUT2D eigenvalue weighted by Crippen LogP contribution is -2.18. The van der Waals surface area contributed by atoms with Crippen LogP contribution in [0.3, 0.4) is 0 Å². The van der Waals surface area contributed by atoms with Crippen LogP contribution in [0.15, 0.2) is 24.3 Å². The minimum Gasteiger partial charge on any atom is -0.393 e. The maximum absolute atomic E-state index is 9.14. The Morgan fingerprint density at radius 3 is 2.88 bits per heavy atom. The van der Waals surface area contributed by atoms with E-state index in [9.17, 15) is 0 Å². The molecule has 0 saturated heterocycles. The molecule has 0 radical (unpaired) electrons. The fourth-order valence-electron chi connectivity index (χ4n) is 1.81. The lowest BCUT2D eigenvalue weighted by Gasteiger charge is -2.05. The number of benzene rings is 1. The van der Waals surface area contributed by atoms with Gasteiger partial charge in [-0.1, -0.05) is 29.8 Å². The molecule has 1 aromatic carbocycles. The highest BCUT2D eigenvalue weighted by molar-refractivity contribution is 6.36. The zero-order chi connectivity index (χ0) is 12.3. The summed E-state index contributed by atoms with van der Waals surface area (Å²) in [6.07, 6.45) is 0.485. The summed E-state index contributed by atoms with van der Waals surface area (Å²) in [5.41, 5.74) is 2.06. The zero-order valence-corrected chi connectivity index (χ0v) is 10.6. The van der Waals surface area contributed by atoms with Gasteiger partial charge in [-0.2, -0.15) is 0 Å². The van der Waals surface area contributed by atoms with Gasteiger partial charge in [0, 0.05) is 23.1 Å². The highest BCUT2D eigenvalue weighted by Crippen LogP contribution is 2.26. The number of nitrogens with one attached hydrogen (secondary N) is 2. The molecule has 4 heteroatoms. The molecular formula is C13H17ClN2O. The van der Waals surface area contributed by atoms with Crippen molar-refractivity contribution in [2.24, 2.45) is 0 Å². The quantitative estimate of drug-likeness (QED) is 0.717. The van der Waals surface area contributed by atoms with E-state index in [0.29, 0.717) is 6.54 Å². The van der Waals surface area contributed by atoms with Gasteiger partial charge < -0.3 is 15.4 Å². The third-order valence-corrected chi connectivity index (χ3v) is 3.19. The highest BCUT2D eigenvalue weighted by Gasteiger charge is 2.08. The second kappa shape index (κ2) is 5.54. The fraction of sp³-hybridized carbons (Fsp3) is 0.385. The van der Waals surface area contributed by atoms with Crippen LogP contribution in [0.1, 0.15) is 19.0 Å². The molecule has 17 heavy (non-hydrogen) atoms. The van der Waals surface area contributed by atoms with Crippen molar-refractivity contribution < 1.29 is 5.11 Å². The van der Waals surface area contributed by atoms with Crippen LogP contribution in [0.25, 0.3) is 10.9 Å². The zero-order valence-electron chi connectivity index (χ0n) is 9.83. The summed E-state index contributed by atoms with van der Waals surface area (Å²) in [7, 11) is 0. The van der Waals surface area contributed by atoms with Gasteiger partial charge in [0.15, 0.2) is 0 Å². The maximum Gasteiger partial charge on any atom is 0.0705 e. The van der Waals surface area contributed by atoms with E-state index >= 15 is 0 Å². The SMILES string of the molecule is CC(O)CCNCc1[nH]c2ccccc2c1Cl. The van der Waals surface area contributed by atoms with Crippen LogP contribution in [0.4, 0.5) is 0 Å². The fourth-order valence-corrected chi connectivity index (χ4v) is 2.09. The van der Waals surface area contributed by atoms with E-state index in [-0.39, 0.29) is 6.10 Å². The van der Waals surface area contributed by atoms with E-state index in [4.69, 9.17) is 16.7 Å². The van der Waals surface area contributed by atoms with Gasteiger partial charge in [0.25, 0.3) is 0 Å². The number of fused-ring (bicyclic) bond motifs is 1. The summed E-state index contributed by atoms with van der Waals surface area (Å²) < 4.78 is 0. The van der Waals surface area contributed by atoms with Gasteiger partial charge in [-0.15, -0.1) is 0 Å². The monoisotopic (exact) mass is 252 g/mol. The van der Waals surface area contributed by atoms with Crippen molar-refractivity contribution in [2.45, 2.75) is 26.0 Å². The molecule has 0 aliphatic carbocycles. The molecule has 2 rings (SSSR count). The average Bonchev–Trinajstić information content (AvgIpc) is 2.63. The molecule has 0 saturated carbocycles. The Kier molecular flexibility index (Phi) is 4.05. The van der Waals surface area contributed by atoms with Crippen LogP contribution in [0.5, 0.6) is 0 Å². The van der Waals surface area contributed by atoms with E-state index in [1.807, 2.05) is 24.3 Å². The summed E-state index contributed by atoms with van der Waals surface area (Å²) in [6.45, 7) is 3.27. The molecule has 0 fully saturated rings. The van der Waals surface area contributed by atoms with Gasteiger partial charge in [-0.05, 0) is 26.0 Å². The molecule has 1 unspecified atom stereocenters. The molecule has 0 spiro atoms. The number of H-pyrrole nitrogens is 1. The Morgan fingerprint density at radius 1 is 1.41 bits per heavy atom. The van der Waals surface area contributed by atoms with E-state index in [0.717, 1.165) is 34.6 Å². The van der Waals surface area contributed by atoms with Gasteiger partial charge in [-0.3, -0.25) is 0 Å². The summed E-state index contributed by atoms with van der Waals surface area (Å²) >= 11 is 6.28. The second-order valence-corrected chi connectivity index (χ2v) is 4.66. The van der Waals surface area contributed by atoms with Gasteiger partial charge in [0.05, 0.1) is 11.1 Å². The number of aromatic nitrogens is 1. The minimum atomic E-state index is -0.263. The smallest absolute Gasteiger partial charge is 0.0705 e. The first-order chi connectivity index (χ1) is 8.18. The van der Waals surface area contributed by atoms with Crippen molar-refractivity contribution >= 4 is 22.5 Å². The van der Waals surface area contributed by atoms with Crippen molar-refractivity contribution in [3.63, 3.8) is 0 Å². The standard InChI is InChI=1S/C13H17ClN2O/c1-9(17)6-7-15-8-12-13(14)10-4-2-3-5-11(10)16-12/h2-5,9,15-17H,6-8H2,1H3.